The lowest BCUT2D eigenvalue weighted by Gasteiger charge is -2.35. The molecule has 0 radical (unpaired) electrons. The van der Waals surface area contributed by atoms with Crippen LogP contribution in [-0.2, 0) is 4.79 Å². The fraction of sp³-hybridized carbons (Fsp3) is 0.360. The molecule has 1 fully saturated rings. The Kier molecular flexibility index (Phi) is 6.44. The van der Waals surface area contributed by atoms with E-state index in [4.69, 9.17) is 4.74 Å². The number of piperidine rings is 1. The number of methoxy groups -OCH3 is 1. The van der Waals surface area contributed by atoms with E-state index in [1.807, 2.05) is 4.90 Å². The van der Waals surface area contributed by atoms with E-state index < -0.39 is 5.91 Å². The van der Waals surface area contributed by atoms with E-state index in [1.165, 1.54) is 4.68 Å². The highest BCUT2D eigenvalue weighted by Crippen LogP contribution is 2.21. The lowest BCUT2D eigenvalue weighted by Crippen LogP contribution is -2.47. The Bertz CT molecular complexity index is 1230. The average Bonchev–Trinajstić information content (AvgIpc) is 2.82. The summed E-state index contributed by atoms with van der Waals surface area (Å²) in [7, 11) is 1.56. The Morgan fingerprint density at radius 1 is 1.03 bits per heavy atom. The lowest BCUT2D eigenvalue weighted by molar-refractivity contribution is -0.132. The Morgan fingerprint density at radius 3 is 2.30 bits per heavy atom. The minimum Gasteiger partial charge on any atom is -0.497 e. The molecule has 2 heterocycles. The van der Waals surface area contributed by atoms with Crippen LogP contribution in [0.2, 0.25) is 0 Å². The van der Waals surface area contributed by atoms with Crippen LogP contribution in [0.5, 0.6) is 5.75 Å². The van der Waals surface area contributed by atoms with Crippen LogP contribution in [0, 0.1) is 11.8 Å². The molecule has 8 heteroatoms. The van der Waals surface area contributed by atoms with Gasteiger partial charge >= 0.3 is 0 Å². The molecule has 1 saturated heterocycles. The van der Waals surface area contributed by atoms with Crippen LogP contribution >= 0.6 is 0 Å². The van der Waals surface area contributed by atoms with Gasteiger partial charge in [0.05, 0.1) is 24.7 Å². The van der Waals surface area contributed by atoms with Gasteiger partial charge in [-0.25, -0.2) is 0 Å². The quantitative estimate of drug-likeness (QED) is 0.648. The Hall–Kier alpha value is -3.68. The van der Waals surface area contributed by atoms with E-state index in [2.05, 4.69) is 24.3 Å². The number of benzene rings is 2. The zero-order chi connectivity index (χ0) is 23.5. The molecule has 1 aromatic heterocycles. The summed E-state index contributed by atoms with van der Waals surface area (Å²) in [5, 5.41) is 7.89. The van der Waals surface area contributed by atoms with Gasteiger partial charge in [0.2, 0.25) is 5.91 Å². The van der Waals surface area contributed by atoms with Crippen molar-refractivity contribution in [3.63, 3.8) is 0 Å². The van der Waals surface area contributed by atoms with Gasteiger partial charge in [-0.15, -0.1) is 0 Å². The number of aromatic nitrogens is 2. The van der Waals surface area contributed by atoms with Crippen LogP contribution < -0.4 is 15.6 Å². The molecule has 0 saturated carbocycles. The van der Waals surface area contributed by atoms with E-state index in [9.17, 15) is 14.4 Å². The van der Waals surface area contributed by atoms with Gasteiger partial charge in [0.25, 0.3) is 11.5 Å². The standard InChI is InChI=1S/C25H28N4O4/c1-16-12-17(2)15-28(14-16)22(30)13-26-24(31)23-20-6-4-5-7-21(20)25(32)29(27-23)18-8-10-19(33-3)11-9-18/h4-11,16-17H,12-15H2,1-3H3,(H,26,31)/t16-,17+. The first-order valence-corrected chi connectivity index (χ1v) is 11.1. The first-order valence-electron chi connectivity index (χ1n) is 11.1. The van der Waals surface area contributed by atoms with Gasteiger partial charge in [0.1, 0.15) is 5.75 Å². The van der Waals surface area contributed by atoms with Gasteiger partial charge in [0, 0.05) is 18.5 Å². The van der Waals surface area contributed by atoms with Crippen LogP contribution in [0.4, 0.5) is 0 Å². The number of carbonyl (C=O) groups is 2. The van der Waals surface area contributed by atoms with Gasteiger partial charge in [-0.1, -0.05) is 32.0 Å². The summed E-state index contributed by atoms with van der Waals surface area (Å²) in [5.74, 6) is 0.902. The molecule has 1 aliphatic rings. The maximum atomic E-state index is 13.1. The molecule has 0 bridgehead atoms. The normalized spacial score (nSPS) is 18.2. The summed E-state index contributed by atoms with van der Waals surface area (Å²) in [6.07, 6.45) is 1.10. The van der Waals surface area contributed by atoms with Crippen LogP contribution in [0.3, 0.4) is 0 Å². The number of carbonyl (C=O) groups excluding carboxylic acids is 2. The van der Waals surface area contributed by atoms with Crippen molar-refractivity contribution in [2.45, 2.75) is 20.3 Å². The molecular weight excluding hydrogens is 420 g/mol. The zero-order valence-corrected chi connectivity index (χ0v) is 19.1. The van der Waals surface area contributed by atoms with Gasteiger partial charge in [-0.05, 0) is 48.6 Å². The van der Waals surface area contributed by atoms with E-state index >= 15 is 0 Å². The molecule has 0 aliphatic carbocycles. The number of amides is 2. The highest BCUT2D eigenvalue weighted by molar-refractivity contribution is 6.05. The number of likely N-dealkylation sites (tertiary alicyclic amines) is 1. The SMILES string of the molecule is COc1ccc(-n2nc(C(=O)NCC(=O)N3C[C@H](C)C[C@H](C)C3)c3ccccc3c2=O)cc1. The molecule has 0 unspecified atom stereocenters. The Balaban J connectivity index is 1.62. The summed E-state index contributed by atoms with van der Waals surface area (Å²) >= 11 is 0. The molecule has 33 heavy (non-hydrogen) atoms. The van der Waals surface area contributed by atoms with Crippen LogP contribution in [-0.4, -0.2) is 53.2 Å². The van der Waals surface area contributed by atoms with Gasteiger partial charge in [-0.3, -0.25) is 14.4 Å². The largest absolute Gasteiger partial charge is 0.497 e. The second kappa shape index (κ2) is 9.44. The van der Waals surface area contributed by atoms with Crippen molar-refractivity contribution < 1.29 is 14.3 Å². The van der Waals surface area contributed by atoms with E-state index in [1.54, 1.807) is 55.6 Å². The Labute approximate surface area is 192 Å². The van der Waals surface area contributed by atoms with Crippen molar-refractivity contribution in [1.82, 2.24) is 20.0 Å². The van der Waals surface area contributed by atoms with Crippen LogP contribution in [0.25, 0.3) is 16.5 Å². The molecule has 2 aromatic carbocycles. The highest BCUT2D eigenvalue weighted by atomic mass is 16.5. The fourth-order valence-corrected chi connectivity index (χ4v) is 4.47. The number of hydrogen-bond donors (Lipinski definition) is 1. The molecule has 8 nitrogen and oxygen atoms in total. The van der Waals surface area contributed by atoms with Crippen molar-refractivity contribution in [1.29, 1.82) is 0 Å². The predicted octanol–water partition coefficient (Wildman–Crippen LogP) is 2.63. The molecule has 4 rings (SSSR count). The van der Waals surface area contributed by atoms with Gasteiger partial charge < -0.3 is 15.0 Å². The number of rotatable bonds is 5. The summed E-state index contributed by atoms with van der Waals surface area (Å²) in [5.41, 5.74) is 0.266. The van der Waals surface area contributed by atoms with E-state index in [0.29, 0.717) is 47.1 Å². The molecule has 2 atom stereocenters. The third-order valence-electron chi connectivity index (χ3n) is 5.96. The minimum absolute atomic E-state index is 0.0919. The van der Waals surface area contributed by atoms with E-state index in [-0.39, 0.29) is 23.7 Å². The third-order valence-corrected chi connectivity index (χ3v) is 5.96. The monoisotopic (exact) mass is 448 g/mol. The topological polar surface area (TPSA) is 93.5 Å². The van der Waals surface area contributed by atoms with Gasteiger partial charge in [0.15, 0.2) is 5.69 Å². The second-order valence-electron chi connectivity index (χ2n) is 8.74. The molecule has 0 spiro atoms. The van der Waals surface area contributed by atoms with Crippen molar-refractivity contribution in [3.8, 4) is 11.4 Å². The van der Waals surface area contributed by atoms with Crippen molar-refractivity contribution in [2.75, 3.05) is 26.7 Å². The molecule has 3 aromatic rings. The number of ether oxygens (including phenoxy) is 1. The van der Waals surface area contributed by atoms with Crippen LogP contribution in [0.1, 0.15) is 30.8 Å². The second-order valence-corrected chi connectivity index (χ2v) is 8.74. The molecule has 1 N–H and O–H groups in total. The maximum absolute atomic E-state index is 13.1. The molecule has 172 valence electrons. The summed E-state index contributed by atoms with van der Waals surface area (Å²) < 4.78 is 6.38. The summed E-state index contributed by atoms with van der Waals surface area (Å²) in [6, 6.07) is 13.7. The maximum Gasteiger partial charge on any atom is 0.279 e. The first kappa shape index (κ1) is 22.5. The smallest absolute Gasteiger partial charge is 0.279 e. The van der Waals surface area contributed by atoms with Gasteiger partial charge in [-0.2, -0.15) is 9.78 Å². The summed E-state index contributed by atoms with van der Waals surface area (Å²) in [6.45, 7) is 5.54. The summed E-state index contributed by atoms with van der Waals surface area (Å²) in [4.78, 5) is 40.7. The van der Waals surface area contributed by atoms with Crippen LogP contribution in [0.15, 0.2) is 53.3 Å². The minimum atomic E-state index is -0.500. The number of nitrogens with zero attached hydrogens (tertiary/aromatic N) is 3. The number of fused-ring (bicyclic) bond motifs is 1. The van der Waals surface area contributed by atoms with Crippen molar-refractivity contribution in [3.05, 3.63) is 64.6 Å². The first-order chi connectivity index (χ1) is 15.9. The number of hydrogen-bond acceptors (Lipinski definition) is 5. The zero-order valence-electron chi connectivity index (χ0n) is 19.1. The average molecular weight is 449 g/mol. The number of nitrogens with one attached hydrogen (secondary N) is 1. The Morgan fingerprint density at radius 2 is 1.67 bits per heavy atom. The highest BCUT2D eigenvalue weighted by Gasteiger charge is 2.26. The lowest BCUT2D eigenvalue weighted by atomic mass is 9.92. The van der Waals surface area contributed by atoms with E-state index in [0.717, 1.165) is 6.42 Å². The molecule has 1 aliphatic heterocycles. The molecule has 2 amide bonds. The third kappa shape index (κ3) is 4.74. The fourth-order valence-electron chi connectivity index (χ4n) is 4.47. The van der Waals surface area contributed by atoms with Crippen molar-refractivity contribution >= 4 is 22.6 Å². The molecular formula is C25H28N4O4. The predicted molar refractivity (Wildman–Crippen MR) is 126 cm³/mol. The van der Waals surface area contributed by atoms with Crippen molar-refractivity contribution in [2.24, 2.45) is 11.8 Å².